The molecule has 1 aliphatic rings. The first-order chi connectivity index (χ1) is 9.70. The number of benzene rings is 1. The van der Waals surface area contributed by atoms with E-state index in [0.29, 0.717) is 6.61 Å². The van der Waals surface area contributed by atoms with Crippen molar-refractivity contribution < 1.29 is 14.2 Å². The Hall–Kier alpha value is -1.68. The van der Waals surface area contributed by atoms with E-state index in [4.69, 9.17) is 14.2 Å². The van der Waals surface area contributed by atoms with E-state index in [-0.39, 0.29) is 6.79 Å². The van der Waals surface area contributed by atoms with E-state index in [0.717, 1.165) is 54.3 Å². The van der Waals surface area contributed by atoms with Gasteiger partial charge in [0.25, 0.3) is 0 Å². The fourth-order valence-electron chi connectivity index (χ4n) is 1.97. The highest BCUT2D eigenvalue weighted by molar-refractivity contribution is 5.51. The van der Waals surface area contributed by atoms with Crippen LogP contribution in [0.15, 0.2) is 24.3 Å². The summed E-state index contributed by atoms with van der Waals surface area (Å²) in [5, 5.41) is 3.39. The summed E-state index contributed by atoms with van der Waals surface area (Å²) in [6, 6.07) is 3.92. The zero-order valence-corrected chi connectivity index (χ0v) is 12.3. The lowest BCUT2D eigenvalue weighted by Gasteiger charge is -2.13. The second-order valence-electron chi connectivity index (χ2n) is 5.05. The summed E-state index contributed by atoms with van der Waals surface area (Å²) in [4.78, 5) is 0. The first-order valence-corrected chi connectivity index (χ1v) is 7.11. The van der Waals surface area contributed by atoms with Crippen molar-refractivity contribution >= 4 is 0 Å². The van der Waals surface area contributed by atoms with Crippen LogP contribution in [0.1, 0.15) is 32.3 Å². The Morgan fingerprint density at radius 1 is 1.35 bits per heavy atom. The Bertz CT molecular complexity index is 471. The monoisotopic (exact) mass is 277 g/mol. The third-order valence-corrected chi connectivity index (χ3v) is 3.08. The van der Waals surface area contributed by atoms with Crippen molar-refractivity contribution in [2.75, 3.05) is 19.9 Å². The first kappa shape index (κ1) is 14.7. The van der Waals surface area contributed by atoms with E-state index in [1.807, 2.05) is 19.1 Å². The molecule has 20 heavy (non-hydrogen) atoms. The standard InChI is InChI=1S/C16H23NO3/c1-4-6-17-10-13-8-15-16(20-11-19-15)9-14(13)18-7-5-12(2)3/h8-9,17H,2,4-7,10-11H2,1,3H3. The average molecular weight is 277 g/mol. The third kappa shape index (κ3) is 3.90. The molecule has 0 bridgehead atoms. The second-order valence-corrected chi connectivity index (χ2v) is 5.05. The summed E-state index contributed by atoms with van der Waals surface area (Å²) in [6.45, 7) is 10.7. The number of fused-ring (bicyclic) bond motifs is 1. The fourth-order valence-corrected chi connectivity index (χ4v) is 1.97. The van der Waals surface area contributed by atoms with Crippen molar-refractivity contribution in [3.8, 4) is 17.2 Å². The fraction of sp³-hybridized carbons (Fsp3) is 0.500. The maximum Gasteiger partial charge on any atom is 0.231 e. The summed E-state index contributed by atoms with van der Waals surface area (Å²) in [5.74, 6) is 2.42. The normalized spacial score (nSPS) is 12.5. The lowest BCUT2D eigenvalue weighted by Crippen LogP contribution is -2.15. The maximum atomic E-state index is 5.87. The van der Waals surface area contributed by atoms with Gasteiger partial charge in [0.05, 0.1) is 6.61 Å². The van der Waals surface area contributed by atoms with Crippen LogP contribution in [0.2, 0.25) is 0 Å². The van der Waals surface area contributed by atoms with Crippen LogP contribution in [0, 0.1) is 0 Å². The van der Waals surface area contributed by atoms with Crippen LogP contribution in [-0.4, -0.2) is 19.9 Å². The lowest BCUT2D eigenvalue weighted by molar-refractivity contribution is 0.173. The van der Waals surface area contributed by atoms with Gasteiger partial charge in [0.1, 0.15) is 5.75 Å². The molecule has 0 atom stereocenters. The Kier molecular flexibility index (Phi) is 5.30. The molecule has 4 nitrogen and oxygen atoms in total. The average Bonchev–Trinajstić information content (AvgIpc) is 2.85. The Labute approximate surface area is 120 Å². The highest BCUT2D eigenvalue weighted by Gasteiger charge is 2.17. The van der Waals surface area contributed by atoms with Crippen molar-refractivity contribution in [3.63, 3.8) is 0 Å². The van der Waals surface area contributed by atoms with E-state index in [2.05, 4.69) is 18.8 Å². The topological polar surface area (TPSA) is 39.7 Å². The van der Waals surface area contributed by atoms with Crippen LogP contribution in [0.4, 0.5) is 0 Å². The van der Waals surface area contributed by atoms with Gasteiger partial charge in [-0.1, -0.05) is 12.5 Å². The minimum atomic E-state index is 0.284. The number of rotatable bonds is 8. The maximum absolute atomic E-state index is 5.87. The van der Waals surface area contributed by atoms with Gasteiger partial charge in [-0.15, -0.1) is 6.58 Å². The minimum Gasteiger partial charge on any atom is -0.493 e. The summed E-state index contributed by atoms with van der Waals surface area (Å²) >= 11 is 0. The van der Waals surface area contributed by atoms with Crippen molar-refractivity contribution in [1.82, 2.24) is 5.32 Å². The van der Waals surface area contributed by atoms with Gasteiger partial charge in [-0.25, -0.2) is 0 Å². The van der Waals surface area contributed by atoms with Gasteiger partial charge < -0.3 is 19.5 Å². The van der Waals surface area contributed by atoms with Crippen molar-refractivity contribution in [2.45, 2.75) is 33.2 Å². The van der Waals surface area contributed by atoms with Gasteiger partial charge in [0.15, 0.2) is 11.5 Å². The van der Waals surface area contributed by atoms with Crippen LogP contribution in [0.3, 0.4) is 0 Å². The number of hydrogen-bond acceptors (Lipinski definition) is 4. The molecule has 1 N–H and O–H groups in total. The molecule has 0 aliphatic carbocycles. The number of ether oxygens (including phenoxy) is 3. The van der Waals surface area contributed by atoms with Gasteiger partial charge in [0, 0.05) is 24.6 Å². The smallest absolute Gasteiger partial charge is 0.231 e. The molecule has 0 spiro atoms. The number of hydrogen-bond donors (Lipinski definition) is 1. The molecule has 4 heteroatoms. The Morgan fingerprint density at radius 3 is 2.80 bits per heavy atom. The molecule has 0 amide bonds. The SMILES string of the molecule is C=C(C)CCOc1cc2c(cc1CNCCC)OCO2. The summed E-state index contributed by atoms with van der Waals surface area (Å²) in [7, 11) is 0. The largest absolute Gasteiger partial charge is 0.493 e. The van der Waals surface area contributed by atoms with Crippen LogP contribution in [0.25, 0.3) is 0 Å². The van der Waals surface area contributed by atoms with E-state index in [9.17, 15) is 0 Å². The van der Waals surface area contributed by atoms with Crippen LogP contribution >= 0.6 is 0 Å². The predicted octanol–water partition coefficient (Wildman–Crippen LogP) is 3.26. The van der Waals surface area contributed by atoms with Crippen molar-refractivity contribution in [2.24, 2.45) is 0 Å². The second kappa shape index (κ2) is 7.20. The van der Waals surface area contributed by atoms with Gasteiger partial charge >= 0.3 is 0 Å². The van der Waals surface area contributed by atoms with Crippen LogP contribution < -0.4 is 19.5 Å². The minimum absolute atomic E-state index is 0.284. The zero-order valence-electron chi connectivity index (χ0n) is 12.3. The molecule has 0 fully saturated rings. The molecule has 0 saturated carbocycles. The third-order valence-electron chi connectivity index (χ3n) is 3.08. The number of nitrogens with one attached hydrogen (secondary N) is 1. The first-order valence-electron chi connectivity index (χ1n) is 7.11. The quantitative estimate of drug-likeness (QED) is 0.585. The van der Waals surface area contributed by atoms with E-state index in [1.165, 1.54) is 0 Å². The molecule has 110 valence electrons. The predicted molar refractivity (Wildman–Crippen MR) is 79.5 cm³/mol. The zero-order chi connectivity index (χ0) is 14.4. The molecular formula is C16H23NO3. The van der Waals surface area contributed by atoms with Crippen LogP contribution in [0.5, 0.6) is 17.2 Å². The highest BCUT2D eigenvalue weighted by Crippen LogP contribution is 2.38. The van der Waals surface area contributed by atoms with Crippen molar-refractivity contribution in [3.05, 3.63) is 29.8 Å². The molecular weight excluding hydrogens is 254 g/mol. The van der Waals surface area contributed by atoms with Gasteiger partial charge in [-0.3, -0.25) is 0 Å². The molecule has 1 heterocycles. The summed E-state index contributed by atoms with van der Waals surface area (Å²) in [6.07, 6.45) is 1.96. The Morgan fingerprint density at radius 2 is 2.10 bits per heavy atom. The Balaban J connectivity index is 2.07. The van der Waals surface area contributed by atoms with Gasteiger partial charge in [-0.2, -0.15) is 0 Å². The van der Waals surface area contributed by atoms with Crippen molar-refractivity contribution in [1.29, 1.82) is 0 Å². The van der Waals surface area contributed by atoms with E-state index >= 15 is 0 Å². The van der Waals surface area contributed by atoms with E-state index < -0.39 is 0 Å². The molecule has 0 aromatic heterocycles. The summed E-state index contributed by atoms with van der Waals surface area (Å²) in [5.41, 5.74) is 2.22. The molecule has 1 aromatic carbocycles. The van der Waals surface area contributed by atoms with E-state index in [1.54, 1.807) is 0 Å². The lowest BCUT2D eigenvalue weighted by atomic mass is 10.1. The molecule has 1 aromatic rings. The molecule has 2 rings (SSSR count). The summed E-state index contributed by atoms with van der Waals surface area (Å²) < 4.78 is 16.7. The molecule has 1 aliphatic heterocycles. The molecule has 0 radical (unpaired) electrons. The molecule has 0 unspecified atom stereocenters. The van der Waals surface area contributed by atoms with Gasteiger partial charge in [0.2, 0.25) is 6.79 Å². The molecule has 0 saturated heterocycles. The highest BCUT2D eigenvalue weighted by atomic mass is 16.7. The van der Waals surface area contributed by atoms with Crippen LogP contribution in [-0.2, 0) is 6.54 Å². The van der Waals surface area contributed by atoms with Gasteiger partial charge in [-0.05, 0) is 26.0 Å².